The lowest BCUT2D eigenvalue weighted by Gasteiger charge is -2.29. The third-order valence-electron chi connectivity index (χ3n) is 3.85. The molecule has 0 spiro atoms. The first-order valence-electron chi connectivity index (χ1n) is 6.77. The van der Waals surface area contributed by atoms with Gasteiger partial charge in [-0.05, 0) is 37.5 Å². The number of carbonyl (C=O) groups is 1. The van der Waals surface area contributed by atoms with Gasteiger partial charge in [0.15, 0.2) is 0 Å². The number of amides is 1. The van der Waals surface area contributed by atoms with Gasteiger partial charge < -0.3 is 4.90 Å². The van der Waals surface area contributed by atoms with Crippen molar-refractivity contribution in [2.45, 2.75) is 38.6 Å². The van der Waals surface area contributed by atoms with Crippen LogP contribution >= 0.6 is 31.9 Å². The van der Waals surface area contributed by atoms with Crippen LogP contribution in [-0.2, 0) is 0 Å². The zero-order chi connectivity index (χ0) is 13.8. The fourth-order valence-corrected chi connectivity index (χ4v) is 3.50. The monoisotopic (exact) mass is 387 g/mol. The molecule has 4 heteroatoms. The summed E-state index contributed by atoms with van der Waals surface area (Å²) < 4.78 is 1.00. The lowest BCUT2D eigenvalue weighted by atomic mass is 10.1. The summed E-state index contributed by atoms with van der Waals surface area (Å²) in [6, 6.07) is 6.27. The van der Waals surface area contributed by atoms with Crippen LogP contribution in [0.1, 0.15) is 41.6 Å². The molecule has 104 valence electrons. The van der Waals surface area contributed by atoms with Gasteiger partial charge in [0.1, 0.15) is 0 Å². The highest BCUT2D eigenvalue weighted by Crippen LogP contribution is 2.27. The highest BCUT2D eigenvalue weighted by Gasteiger charge is 2.27. The van der Waals surface area contributed by atoms with Crippen molar-refractivity contribution >= 4 is 37.8 Å². The molecule has 0 heterocycles. The van der Waals surface area contributed by atoms with Crippen molar-refractivity contribution in [3.63, 3.8) is 0 Å². The Morgan fingerprint density at radius 2 is 2.05 bits per heavy atom. The Balaban J connectivity index is 2.25. The van der Waals surface area contributed by atoms with Crippen LogP contribution in [0.4, 0.5) is 0 Å². The van der Waals surface area contributed by atoms with Gasteiger partial charge in [-0.15, -0.1) is 0 Å². The summed E-state index contributed by atoms with van der Waals surface area (Å²) in [5, 5.41) is 0.836. The van der Waals surface area contributed by atoms with E-state index < -0.39 is 0 Å². The Bertz CT molecular complexity index is 455. The van der Waals surface area contributed by atoms with Crippen LogP contribution in [0.15, 0.2) is 22.7 Å². The third kappa shape index (κ3) is 3.40. The van der Waals surface area contributed by atoms with Gasteiger partial charge >= 0.3 is 0 Å². The van der Waals surface area contributed by atoms with Crippen molar-refractivity contribution < 1.29 is 4.79 Å². The Kier molecular flexibility index (Phi) is 5.46. The van der Waals surface area contributed by atoms with Crippen LogP contribution < -0.4 is 0 Å². The van der Waals surface area contributed by atoms with Crippen molar-refractivity contribution in [2.24, 2.45) is 0 Å². The summed E-state index contributed by atoms with van der Waals surface area (Å²) in [7, 11) is 0. The zero-order valence-electron chi connectivity index (χ0n) is 11.2. The molecule has 0 saturated heterocycles. The highest BCUT2D eigenvalue weighted by atomic mass is 79.9. The van der Waals surface area contributed by atoms with Crippen molar-refractivity contribution in [1.82, 2.24) is 4.90 Å². The topological polar surface area (TPSA) is 20.3 Å². The van der Waals surface area contributed by atoms with E-state index in [1.165, 1.54) is 12.8 Å². The minimum Gasteiger partial charge on any atom is -0.335 e. The average molecular weight is 389 g/mol. The Morgan fingerprint density at radius 3 is 2.68 bits per heavy atom. The molecule has 0 aliphatic heterocycles. The van der Waals surface area contributed by atoms with Gasteiger partial charge in [-0.25, -0.2) is 0 Å². The van der Waals surface area contributed by atoms with E-state index >= 15 is 0 Å². The average Bonchev–Trinajstić information content (AvgIpc) is 2.92. The maximum Gasteiger partial charge on any atom is 0.254 e. The van der Waals surface area contributed by atoms with E-state index in [9.17, 15) is 4.79 Å². The van der Waals surface area contributed by atoms with Crippen molar-refractivity contribution in [3.8, 4) is 0 Å². The van der Waals surface area contributed by atoms with Crippen molar-refractivity contribution in [1.29, 1.82) is 0 Å². The van der Waals surface area contributed by atoms with E-state index in [-0.39, 0.29) is 5.91 Å². The molecule has 2 nitrogen and oxygen atoms in total. The van der Waals surface area contributed by atoms with Crippen molar-refractivity contribution in [2.75, 3.05) is 11.9 Å². The van der Waals surface area contributed by atoms with E-state index in [0.29, 0.717) is 6.04 Å². The molecule has 0 unspecified atom stereocenters. The van der Waals surface area contributed by atoms with Crippen LogP contribution in [0, 0.1) is 6.92 Å². The number of nitrogens with zero attached hydrogens (tertiary/aromatic N) is 1. The molecular weight excluding hydrogens is 370 g/mol. The number of carbonyl (C=O) groups excluding carboxylic acids is 1. The van der Waals surface area contributed by atoms with Gasteiger partial charge in [0.05, 0.1) is 0 Å². The van der Waals surface area contributed by atoms with E-state index in [1.54, 1.807) is 0 Å². The second kappa shape index (κ2) is 6.89. The van der Waals surface area contributed by atoms with Gasteiger partial charge in [-0.1, -0.05) is 50.8 Å². The fourth-order valence-electron chi connectivity index (χ4n) is 2.75. The molecule has 2 rings (SSSR count). The second-order valence-corrected chi connectivity index (χ2v) is 6.69. The molecule has 1 saturated carbocycles. The van der Waals surface area contributed by atoms with E-state index in [0.717, 1.165) is 40.3 Å². The maximum atomic E-state index is 12.8. The standard InChI is InChI=1S/C15H19Br2NO/c1-11-13(7-4-8-14(11)17)15(19)18(10-9-16)12-5-2-3-6-12/h4,7-8,12H,2-3,5-6,9-10H2,1H3. The smallest absolute Gasteiger partial charge is 0.254 e. The summed E-state index contributed by atoms with van der Waals surface area (Å²) in [5.74, 6) is 0.171. The first-order chi connectivity index (χ1) is 9.15. The molecular formula is C15H19Br2NO. The molecule has 0 atom stereocenters. The van der Waals surface area contributed by atoms with Gasteiger partial charge in [0, 0.05) is 28.0 Å². The summed E-state index contributed by atoms with van der Waals surface area (Å²) in [5.41, 5.74) is 1.85. The van der Waals surface area contributed by atoms with Crippen LogP contribution in [-0.4, -0.2) is 28.7 Å². The van der Waals surface area contributed by atoms with E-state index in [1.807, 2.05) is 25.1 Å². The molecule has 1 aromatic carbocycles. The van der Waals surface area contributed by atoms with E-state index in [2.05, 4.69) is 36.8 Å². The fraction of sp³-hybridized carbons (Fsp3) is 0.533. The first kappa shape index (κ1) is 15.0. The number of hydrogen-bond donors (Lipinski definition) is 0. The summed E-state index contributed by atoms with van der Waals surface area (Å²) in [4.78, 5) is 14.8. The zero-order valence-corrected chi connectivity index (χ0v) is 14.3. The number of alkyl halides is 1. The molecule has 1 aliphatic rings. The van der Waals surface area contributed by atoms with Gasteiger partial charge in [0.25, 0.3) is 5.91 Å². The molecule has 0 aromatic heterocycles. The molecule has 0 bridgehead atoms. The van der Waals surface area contributed by atoms with Crippen LogP contribution in [0.25, 0.3) is 0 Å². The Labute approximate surface area is 131 Å². The van der Waals surface area contributed by atoms with E-state index in [4.69, 9.17) is 0 Å². The predicted octanol–water partition coefficient (Wildman–Crippen LogP) is 4.54. The summed E-state index contributed by atoms with van der Waals surface area (Å²) >= 11 is 6.97. The lowest BCUT2D eigenvalue weighted by Crippen LogP contribution is -2.40. The normalized spacial score (nSPS) is 15.7. The summed E-state index contributed by atoms with van der Waals surface area (Å²) in [6.07, 6.45) is 4.78. The lowest BCUT2D eigenvalue weighted by molar-refractivity contribution is 0.0695. The van der Waals surface area contributed by atoms with Crippen LogP contribution in [0.2, 0.25) is 0 Å². The maximum absolute atomic E-state index is 12.8. The Morgan fingerprint density at radius 1 is 1.37 bits per heavy atom. The largest absolute Gasteiger partial charge is 0.335 e. The van der Waals surface area contributed by atoms with Crippen LogP contribution in [0.3, 0.4) is 0 Å². The number of hydrogen-bond acceptors (Lipinski definition) is 1. The molecule has 19 heavy (non-hydrogen) atoms. The third-order valence-corrected chi connectivity index (χ3v) is 5.06. The molecule has 1 fully saturated rings. The quantitative estimate of drug-likeness (QED) is 0.693. The number of rotatable bonds is 4. The van der Waals surface area contributed by atoms with Crippen molar-refractivity contribution in [3.05, 3.63) is 33.8 Å². The number of benzene rings is 1. The second-order valence-electron chi connectivity index (χ2n) is 5.04. The van der Waals surface area contributed by atoms with Crippen LogP contribution in [0.5, 0.6) is 0 Å². The minimum absolute atomic E-state index is 0.171. The van der Waals surface area contributed by atoms with Gasteiger partial charge in [-0.3, -0.25) is 4.79 Å². The SMILES string of the molecule is Cc1c(Br)cccc1C(=O)N(CCBr)C1CCCC1. The number of halogens is 2. The summed E-state index contributed by atoms with van der Waals surface area (Å²) in [6.45, 7) is 2.79. The van der Waals surface area contributed by atoms with Gasteiger partial charge in [-0.2, -0.15) is 0 Å². The minimum atomic E-state index is 0.171. The molecule has 0 N–H and O–H groups in total. The first-order valence-corrected chi connectivity index (χ1v) is 8.68. The highest BCUT2D eigenvalue weighted by molar-refractivity contribution is 9.10. The molecule has 1 aliphatic carbocycles. The molecule has 1 aromatic rings. The molecule has 1 amide bonds. The molecule has 0 radical (unpaired) electrons. The predicted molar refractivity (Wildman–Crippen MR) is 86.0 cm³/mol. The van der Waals surface area contributed by atoms with Gasteiger partial charge in [0.2, 0.25) is 0 Å². The Hall–Kier alpha value is -0.350.